The molecular weight excluding hydrogens is 274 g/mol. The summed E-state index contributed by atoms with van der Waals surface area (Å²) < 4.78 is 10.7. The molecule has 0 radical (unpaired) electrons. The van der Waals surface area contributed by atoms with Crippen molar-refractivity contribution in [3.63, 3.8) is 0 Å². The molecule has 0 saturated carbocycles. The van der Waals surface area contributed by atoms with Crippen molar-refractivity contribution in [2.75, 3.05) is 40.0 Å². The molecule has 0 heterocycles. The fraction of sp³-hybridized carbons (Fsp3) is 0.625. The van der Waals surface area contributed by atoms with Gasteiger partial charge in [0.1, 0.15) is 0 Å². The van der Waals surface area contributed by atoms with Crippen LogP contribution in [0.2, 0.25) is 5.02 Å². The zero-order chi connectivity index (χ0) is 14.6. The number of ether oxygens (including phenoxy) is 2. The van der Waals surface area contributed by atoms with E-state index in [0.717, 1.165) is 50.8 Å². The van der Waals surface area contributed by atoms with Crippen LogP contribution in [0.3, 0.4) is 0 Å². The first-order chi connectivity index (χ1) is 9.77. The van der Waals surface area contributed by atoms with Gasteiger partial charge < -0.3 is 14.8 Å². The van der Waals surface area contributed by atoms with Crippen LogP contribution < -0.4 is 5.32 Å². The van der Waals surface area contributed by atoms with Crippen LogP contribution in [-0.2, 0) is 9.47 Å². The smallest absolute Gasteiger partial charge is 0.0587 e. The Hall–Kier alpha value is -0.610. The summed E-state index contributed by atoms with van der Waals surface area (Å²) in [5.41, 5.74) is 1.31. The minimum absolute atomic E-state index is 0.445. The van der Waals surface area contributed by atoms with Gasteiger partial charge in [0.05, 0.1) is 6.61 Å². The highest BCUT2D eigenvalue weighted by Gasteiger charge is 2.11. The lowest BCUT2D eigenvalue weighted by atomic mass is 9.96. The molecular formula is C16H26ClNO2. The van der Waals surface area contributed by atoms with Gasteiger partial charge in [0, 0.05) is 38.4 Å². The van der Waals surface area contributed by atoms with E-state index in [-0.39, 0.29) is 0 Å². The SMILES string of the molecule is CCCOCCC(CNCCOC)c1ccc(Cl)cc1. The van der Waals surface area contributed by atoms with Crippen molar-refractivity contribution >= 4 is 11.6 Å². The van der Waals surface area contributed by atoms with Crippen LogP contribution in [-0.4, -0.2) is 40.0 Å². The maximum atomic E-state index is 5.95. The van der Waals surface area contributed by atoms with E-state index in [1.165, 1.54) is 5.56 Å². The summed E-state index contributed by atoms with van der Waals surface area (Å²) >= 11 is 5.95. The molecule has 0 aromatic heterocycles. The van der Waals surface area contributed by atoms with Crippen molar-refractivity contribution in [2.24, 2.45) is 0 Å². The van der Waals surface area contributed by atoms with E-state index in [9.17, 15) is 0 Å². The number of methoxy groups -OCH3 is 1. The molecule has 1 aromatic carbocycles. The number of benzene rings is 1. The Balaban J connectivity index is 2.47. The first-order valence-electron chi connectivity index (χ1n) is 7.30. The second-order valence-corrected chi connectivity index (χ2v) is 5.28. The molecule has 20 heavy (non-hydrogen) atoms. The summed E-state index contributed by atoms with van der Waals surface area (Å²) in [7, 11) is 1.72. The van der Waals surface area contributed by atoms with Gasteiger partial charge in [-0.15, -0.1) is 0 Å². The van der Waals surface area contributed by atoms with Gasteiger partial charge in [-0.05, 0) is 36.5 Å². The van der Waals surface area contributed by atoms with Gasteiger partial charge in [-0.25, -0.2) is 0 Å². The van der Waals surface area contributed by atoms with Gasteiger partial charge >= 0.3 is 0 Å². The Morgan fingerprint density at radius 3 is 2.55 bits per heavy atom. The van der Waals surface area contributed by atoms with Crippen molar-refractivity contribution in [1.29, 1.82) is 0 Å². The van der Waals surface area contributed by atoms with Crippen molar-refractivity contribution in [3.05, 3.63) is 34.9 Å². The van der Waals surface area contributed by atoms with E-state index < -0.39 is 0 Å². The highest BCUT2D eigenvalue weighted by molar-refractivity contribution is 6.30. The van der Waals surface area contributed by atoms with E-state index in [2.05, 4.69) is 24.4 Å². The molecule has 0 bridgehead atoms. The first-order valence-corrected chi connectivity index (χ1v) is 7.68. The first kappa shape index (κ1) is 17.4. The van der Waals surface area contributed by atoms with Crippen LogP contribution in [0.15, 0.2) is 24.3 Å². The van der Waals surface area contributed by atoms with E-state index in [1.54, 1.807) is 7.11 Å². The summed E-state index contributed by atoms with van der Waals surface area (Å²) in [6, 6.07) is 8.10. The predicted octanol–water partition coefficient (Wildman–Crippen LogP) is 3.48. The van der Waals surface area contributed by atoms with Crippen LogP contribution >= 0.6 is 11.6 Å². The van der Waals surface area contributed by atoms with Crippen molar-refractivity contribution < 1.29 is 9.47 Å². The molecule has 0 aliphatic rings. The van der Waals surface area contributed by atoms with Crippen LogP contribution in [0.4, 0.5) is 0 Å². The highest BCUT2D eigenvalue weighted by Crippen LogP contribution is 2.21. The van der Waals surface area contributed by atoms with E-state index in [4.69, 9.17) is 21.1 Å². The molecule has 0 fully saturated rings. The molecule has 0 amide bonds. The summed E-state index contributed by atoms with van der Waals surface area (Å²) in [6.45, 7) is 6.30. The van der Waals surface area contributed by atoms with E-state index in [0.29, 0.717) is 5.92 Å². The zero-order valence-electron chi connectivity index (χ0n) is 12.5. The second-order valence-electron chi connectivity index (χ2n) is 4.85. The molecule has 4 heteroatoms. The Morgan fingerprint density at radius 1 is 1.15 bits per heavy atom. The normalized spacial score (nSPS) is 12.6. The number of halogens is 1. The lowest BCUT2D eigenvalue weighted by molar-refractivity contribution is 0.127. The third-order valence-electron chi connectivity index (χ3n) is 3.17. The van der Waals surface area contributed by atoms with Crippen LogP contribution in [0, 0.1) is 0 Å². The fourth-order valence-electron chi connectivity index (χ4n) is 2.04. The predicted molar refractivity (Wildman–Crippen MR) is 84.7 cm³/mol. The lowest BCUT2D eigenvalue weighted by Crippen LogP contribution is -2.26. The quantitative estimate of drug-likeness (QED) is 0.635. The van der Waals surface area contributed by atoms with Gasteiger partial charge in [0.15, 0.2) is 0 Å². The molecule has 1 rings (SSSR count). The number of hydrogen-bond acceptors (Lipinski definition) is 3. The van der Waals surface area contributed by atoms with Crippen molar-refractivity contribution in [2.45, 2.75) is 25.7 Å². The Bertz CT molecular complexity index is 331. The Kier molecular flexibility index (Phi) is 9.67. The van der Waals surface area contributed by atoms with E-state index >= 15 is 0 Å². The molecule has 1 atom stereocenters. The summed E-state index contributed by atoms with van der Waals surface area (Å²) in [5, 5.41) is 4.21. The highest BCUT2D eigenvalue weighted by atomic mass is 35.5. The van der Waals surface area contributed by atoms with Gasteiger partial charge in [0.25, 0.3) is 0 Å². The Morgan fingerprint density at radius 2 is 1.90 bits per heavy atom. The number of hydrogen-bond donors (Lipinski definition) is 1. The minimum atomic E-state index is 0.445. The van der Waals surface area contributed by atoms with Crippen LogP contribution in [0.5, 0.6) is 0 Å². The van der Waals surface area contributed by atoms with Gasteiger partial charge in [-0.2, -0.15) is 0 Å². The Labute approximate surface area is 127 Å². The van der Waals surface area contributed by atoms with Crippen molar-refractivity contribution in [3.8, 4) is 0 Å². The molecule has 0 aliphatic heterocycles. The maximum absolute atomic E-state index is 5.95. The minimum Gasteiger partial charge on any atom is -0.383 e. The molecule has 0 saturated heterocycles. The summed E-state index contributed by atoms with van der Waals surface area (Å²) in [5.74, 6) is 0.445. The molecule has 1 unspecified atom stereocenters. The largest absolute Gasteiger partial charge is 0.383 e. The van der Waals surface area contributed by atoms with Gasteiger partial charge in [-0.1, -0.05) is 30.7 Å². The fourth-order valence-corrected chi connectivity index (χ4v) is 2.17. The van der Waals surface area contributed by atoms with Crippen LogP contribution in [0.1, 0.15) is 31.2 Å². The standard InChI is InChI=1S/C16H26ClNO2/c1-3-10-20-11-8-15(13-18-9-12-19-2)14-4-6-16(17)7-5-14/h4-7,15,18H,3,8-13H2,1-2H3. The monoisotopic (exact) mass is 299 g/mol. The number of nitrogens with one attached hydrogen (secondary N) is 1. The summed E-state index contributed by atoms with van der Waals surface area (Å²) in [4.78, 5) is 0. The topological polar surface area (TPSA) is 30.5 Å². The molecule has 1 N–H and O–H groups in total. The molecule has 1 aromatic rings. The maximum Gasteiger partial charge on any atom is 0.0587 e. The van der Waals surface area contributed by atoms with Crippen molar-refractivity contribution in [1.82, 2.24) is 5.32 Å². The molecule has 0 aliphatic carbocycles. The molecule has 0 spiro atoms. The average molecular weight is 300 g/mol. The zero-order valence-corrected chi connectivity index (χ0v) is 13.3. The number of rotatable bonds is 11. The average Bonchev–Trinajstić information content (AvgIpc) is 2.47. The second kappa shape index (κ2) is 11.1. The molecule has 3 nitrogen and oxygen atoms in total. The lowest BCUT2D eigenvalue weighted by Gasteiger charge is -2.18. The van der Waals surface area contributed by atoms with Gasteiger partial charge in [0.2, 0.25) is 0 Å². The van der Waals surface area contributed by atoms with Gasteiger partial charge in [-0.3, -0.25) is 0 Å². The van der Waals surface area contributed by atoms with E-state index in [1.807, 2.05) is 12.1 Å². The summed E-state index contributed by atoms with van der Waals surface area (Å²) in [6.07, 6.45) is 2.08. The third kappa shape index (κ3) is 7.25. The van der Waals surface area contributed by atoms with Crippen LogP contribution in [0.25, 0.3) is 0 Å². The third-order valence-corrected chi connectivity index (χ3v) is 3.43. The molecule has 114 valence electrons.